The van der Waals surface area contributed by atoms with Gasteiger partial charge in [0.1, 0.15) is 0 Å². The molecule has 1 aromatic carbocycles. The molecule has 16 heavy (non-hydrogen) atoms. The van der Waals surface area contributed by atoms with Crippen molar-refractivity contribution in [1.82, 2.24) is 5.32 Å². The lowest BCUT2D eigenvalue weighted by atomic mass is 10.0. The fraction of sp³-hybridized carbons (Fsp3) is 0.538. The Hall–Kier alpha value is 0.200. The quantitative estimate of drug-likeness (QED) is 0.777. The van der Waals surface area contributed by atoms with Crippen LogP contribution in [0.2, 0.25) is 5.02 Å². The zero-order chi connectivity index (χ0) is 11.5. The standard InChI is InChI=1S/C13H17ClIN/c1-2-16-13(7-9-3-4-9)11-8-10(14)5-6-12(11)15/h5-6,8-9,13,16H,2-4,7H2,1H3. The molecule has 1 atom stereocenters. The van der Waals surface area contributed by atoms with Gasteiger partial charge < -0.3 is 5.32 Å². The zero-order valence-corrected chi connectivity index (χ0v) is 12.4. The van der Waals surface area contributed by atoms with Gasteiger partial charge >= 0.3 is 0 Å². The molecule has 0 heterocycles. The van der Waals surface area contributed by atoms with Gasteiger partial charge in [-0.15, -0.1) is 0 Å². The summed E-state index contributed by atoms with van der Waals surface area (Å²) in [6, 6.07) is 6.66. The number of hydrogen-bond acceptors (Lipinski definition) is 1. The largest absolute Gasteiger partial charge is 0.310 e. The normalized spacial score (nSPS) is 17.4. The van der Waals surface area contributed by atoms with Gasteiger partial charge in [0.05, 0.1) is 0 Å². The monoisotopic (exact) mass is 349 g/mol. The van der Waals surface area contributed by atoms with E-state index in [2.05, 4.69) is 47.0 Å². The summed E-state index contributed by atoms with van der Waals surface area (Å²) < 4.78 is 1.31. The van der Waals surface area contributed by atoms with Gasteiger partial charge in [-0.1, -0.05) is 31.4 Å². The van der Waals surface area contributed by atoms with Crippen LogP contribution in [-0.2, 0) is 0 Å². The van der Waals surface area contributed by atoms with Crippen LogP contribution in [-0.4, -0.2) is 6.54 Å². The lowest BCUT2D eigenvalue weighted by Gasteiger charge is -2.19. The number of hydrogen-bond donors (Lipinski definition) is 1. The summed E-state index contributed by atoms with van der Waals surface area (Å²) in [6.07, 6.45) is 4.06. The van der Waals surface area contributed by atoms with Gasteiger partial charge in [-0.05, 0) is 65.2 Å². The van der Waals surface area contributed by atoms with Crippen LogP contribution in [0.15, 0.2) is 18.2 Å². The van der Waals surface area contributed by atoms with Gasteiger partial charge in [-0.25, -0.2) is 0 Å². The van der Waals surface area contributed by atoms with E-state index >= 15 is 0 Å². The maximum atomic E-state index is 6.08. The highest BCUT2D eigenvalue weighted by Gasteiger charge is 2.26. The molecule has 0 radical (unpaired) electrons. The van der Waals surface area contributed by atoms with E-state index in [-0.39, 0.29) is 0 Å². The third-order valence-electron chi connectivity index (χ3n) is 3.05. The molecular formula is C13H17ClIN. The molecule has 0 saturated heterocycles. The van der Waals surface area contributed by atoms with Crippen LogP contribution in [0.5, 0.6) is 0 Å². The highest BCUT2D eigenvalue weighted by molar-refractivity contribution is 14.1. The Bertz CT molecular complexity index is 363. The van der Waals surface area contributed by atoms with E-state index in [0.717, 1.165) is 17.5 Å². The second kappa shape index (κ2) is 5.69. The third kappa shape index (κ3) is 3.34. The number of nitrogens with one attached hydrogen (secondary N) is 1. The minimum Gasteiger partial charge on any atom is -0.310 e. The average Bonchev–Trinajstić information content (AvgIpc) is 3.05. The Labute approximate surface area is 116 Å². The molecule has 1 nitrogen and oxygen atoms in total. The molecule has 3 heteroatoms. The van der Waals surface area contributed by atoms with Crippen LogP contribution >= 0.6 is 34.2 Å². The predicted molar refractivity (Wildman–Crippen MR) is 77.9 cm³/mol. The summed E-state index contributed by atoms with van der Waals surface area (Å²) in [6.45, 7) is 3.18. The van der Waals surface area contributed by atoms with Crippen molar-refractivity contribution < 1.29 is 0 Å². The van der Waals surface area contributed by atoms with Crippen molar-refractivity contribution >= 4 is 34.2 Å². The summed E-state index contributed by atoms with van der Waals surface area (Å²) in [5.74, 6) is 0.929. The SMILES string of the molecule is CCNC(CC1CC1)c1cc(Cl)ccc1I. The van der Waals surface area contributed by atoms with E-state index in [1.54, 1.807) is 0 Å². The Morgan fingerprint density at radius 2 is 2.25 bits per heavy atom. The molecule has 0 amide bonds. The molecule has 1 aliphatic rings. The molecule has 1 N–H and O–H groups in total. The maximum Gasteiger partial charge on any atom is 0.0410 e. The molecule has 0 spiro atoms. The van der Waals surface area contributed by atoms with Crippen LogP contribution in [0.3, 0.4) is 0 Å². The molecule has 0 aromatic heterocycles. The van der Waals surface area contributed by atoms with E-state index in [1.165, 1.54) is 28.4 Å². The summed E-state index contributed by atoms with van der Waals surface area (Å²) in [4.78, 5) is 0. The van der Waals surface area contributed by atoms with Gasteiger partial charge in [0, 0.05) is 14.6 Å². The van der Waals surface area contributed by atoms with Gasteiger partial charge in [0.2, 0.25) is 0 Å². The molecule has 88 valence electrons. The minimum absolute atomic E-state index is 0.475. The third-order valence-corrected chi connectivity index (χ3v) is 4.27. The lowest BCUT2D eigenvalue weighted by molar-refractivity contribution is 0.485. The number of rotatable bonds is 5. The van der Waals surface area contributed by atoms with Crippen LogP contribution in [0.4, 0.5) is 0 Å². The van der Waals surface area contributed by atoms with Gasteiger partial charge in [0.25, 0.3) is 0 Å². The Morgan fingerprint density at radius 1 is 1.50 bits per heavy atom. The first-order chi connectivity index (χ1) is 7.70. The molecule has 1 unspecified atom stereocenters. The van der Waals surface area contributed by atoms with Crippen LogP contribution in [0.1, 0.15) is 37.8 Å². The second-order valence-corrected chi connectivity index (χ2v) is 6.05. The highest BCUT2D eigenvalue weighted by Crippen LogP contribution is 2.38. The maximum absolute atomic E-state index is 6.08. The van der Waals surface area contributed by atoms with E-state index in [0.29, 0.717) is 6.04 Å². The summed E-state index contributed by atoms with van der Waals surface area (Å²) in [5, 5.41) is 4.42. The summed E-state index contributed by atoms with van der Waals surface area (Å²) >= 11 is 8.48. The second-order valence-electron chi connectivity index (χ2n) is 4.46. The van der Waals surface area contributed by atoms with Crippen molar-refractivity contribution in [3.63, 3.8) is 0 Å². The van der Waals surface area contributed by atoms with Gasteiger partial charge in [-0.3, -0.25) is 0 Å². The van der Waals surface area contributed by atoms with E-state index in [1.807, 2.05) is 6.07 Å². The van der Waals surface area contributed by atoms with Crippen molar-refractivity contribution in [3.8, 4) is 0 Å². The van der Waals surface area contributed by atoms with E-state index < -0.39 is 0 Å². The lowest BCUT2D eigenvalue weighted by Crippen LogP contribution is -2.22. The molecule has 1 saturated carbocycles. The molecule has 1 aliphatic carbocycles. The molecule has 0 bridgehead atoms. The van der Waals surface area contributed by atoms with Crippen molar-refractivity contribution in [1.29, 1.82) is 0 Å². The summed E-state index contributed by atoms with van der Waals surface area (Å²) in [7, 11) is 0. The average molecular weight is 350 g/mol. The number of benzene rings is 1. The summed E-state index contributed by atoms with van der Waals surface area (Å²) in [5.41, 5.74) is 1.36. The number of halogens is 2. The highest BCUT2D eigenvalue weighted by atomic mass is 127. The van der Waals surface area contributed by atoms with Crippen LogP contribution in [0, 0.1) is 9.49 Å². The fourth-order valence-electron chi connectivity index (χ4n) is 2.04. The van der Waals surface area contributed by atoms with Gasteiger partial charge in [0.15, 0.2) is 0 Å². The molecule has 2 rings (SSSR count). The molecule has 0 aliphatic heterocycles. The van der Waals surface area contributed by atoms with E-state index in [4.69, 9.17) is 11.6 Å². The molecule has 1 fully saturated rings. The van der Waals surface area contributed by atoms with Crippen molar-refractivity contribution in [3.05, 3.63) is 32.4 Å². The Balaban J connectivity index is 2.18. The minimum atomic E-state index is 0.475. The fourth-order valence-corrected chi connectivity index (χ4v) is 2.93. The smallest absolute Gasteiger partial charge is 0.0410 e. The predicted octanol–water partition coefficient (Wildman–Crippen LogP) is 4.40. The van der Waals surface area contributed by atoms with Crippen LogP contribution in [0.25, 0.3) is 0 Å². The van der Waals surface area contributed by atoms with Crippen molar-refractivity contribution in [2.45, 2.75) is 32.2 Å². The Morgan fingerprint density at radius 3 is 2.88 bits per heavy atom. The van der Waals surface area contributed by atoms with Gasteiger partial charge in [-0.2, -0.15) is 0 Å². The van der Waals surface area contributed by atoms with E-state index in [9.17, 15) is 0 Å². The zero-order valence-electron chi connectivity index (χ0n) is 9.47. The van der Waals surface area contributed by atoms with Crippen molar-refractivity contribution in [2.75, 3.05) is 6.54 Å². The van der Waals surface area contributed by atoms with Crippen LogP contribution < -0.4 is 5.32 Å². The van der Waals surface area contributed by atoms with Crippen molar-refractivity contribution in [2.24, 2.45) is 5.92 Å². The Kier molecular flexibility index (Phi) is 4.50. The topological polar surface area (TPSA) is 12.0 Å². The molecule has 1 aromatic rings. The first kappa shape index (κ1) is 12.7. The molecular weight excluding hydrogens is 333 g/mol. The first-order valence-corrected chi connectivity index (χ1v) is 7.34. The first-order valence-electron chi connectivity index (χ1n) is 5.89.